The minimum atomic E-state index is -0.335. The number of amidine groups is 2. The number of hydrogen-bond donors (Lipinski definition) is 0. The summed E-state index contributed by atoms with van der Waals surface area (Å²) in [6.45, 7) is 0.668. The fraction of sp³-hybridized carbons (Fsp3) is 0.0455. The molecule has 0 aliphatic carbocycles. The van der Waals surface area contributed by atoms with Crippen LogP contribution in [0.5, 0.6) is 0 Å². The van der Waals surface area contributed by atoms with Crippen molar-refractivity contribution < 1.29 is 4.79 Å². The van der Waals surface area contributed by atoms with Crippen LogP contribution in [0.25, 0.3) is 6.08 Å². The molecule has 2 aromatic rings. The maximum atomic E-state index is 12.4. The van der Waals surface area contributed by atoms with Gasteiger partial charge in [-0.3, -0.25) is 4.79 Å². The molecule has 0 aromatic heterocycles. The summed E-state index contributed by atoms with van der Waals surface area (Å²) in [6, 6.07) is 17.6. The van der Waals surface area contributed by atoms with Crippen molar-refractivity contribution in [2.75, 3.05) is 0 Å². The lowest BCUT2D eigenvalue weighted by atomic mass is 10.1. The zero-order valence-electron chi connectivity index (χ0n) is 14.4. The summed E-state index contributed by atoms with van der Waals surface area (Å²) >= 11 is 3.50. The van der Waals surface area contributed by atoms with E-state index in [0.29, 0.717) is 12.4 Å². The highest BCUT2D eigenvalue weighted by atomic mass is 79.9. The number of halogens is 1. The van der Waals surface area contributed by atoms with Crippen molar-refractivity contribution in [1.82, 2.24) is 4.90 Å². The van der Waals surface area contributed by atoms with Crippen molar-refractivity contribution in [2.45, 2.75) is 6.54 Å². The highest BCUT2D eigenvalue weighted by Crippen LogP contribution is 2.23. The van der Waals surface area contributed by atoms with Crippen LogP contribution >= 0.6 is 15.9 Å². The van der Waals surface area contributed by atoms with Gasteiger partial charge in [0, 0.05) is 28.9 Å². The van der Waals surface area contributed by atoms with E-state index in [9.17, 15) is 4.79 Å². The fourth-order valence-corrected chi connectivity index (χ4v) is 3.30. The largest absolute Gasteiger partial charge is 0.327 e. The Kier molecular flexibility index (Phi) is 4.94. The standard InChI is InChI=1S/C22H16BrN3O/c23-18-11-12-20-24-22(19-9-5-4-8-17(19)14-26(20)15-18)25-21(27)13-10-16-6-2-1-3-7-16/h1-13,15H,14H2/b13-10+,25-22?. The fourth-order valence-electron chi connectivity index (χ4n) is 2.92. The van der Waals surface area contributed by atoms with E-state index in [1.807, 2.05) is 77.8 Å². The monoisotopic (exact) mass is 417 g/mol. The van der Waals surface area contributed by atoms with Gasteiger partial charge in [0.25, 0.3) is 5.91 Å². The number of allylic oxidation sites excluding steroid dienone is 2. The summed E-state index contributed by atoms with van der Waals surface area (Å²) < 4.78 is 0.973. The molecule has 27 heavy (non-hydrogen) atoms. The van der Waals surface area contributed by atoms with Crippen LogP contribution in [0.1, 0.15) is 16.7 Å². The van der Waals surface area contributed by atoms with E-state index in [1.54, 1.807) is 6.08 Å². The van der Waals surface area contributed by atoms with Gasteiger partial charge in [-0.05, 0) is 45.3 Å². The number of hydrogen-bond acceptors (Lipinski definition) is 2. The Morgan fingerprint density at radius 2 is 1.85 bits per heavy atom. The van der Waals surface area contributed by atoms with Gasteiger partial charge < -0.3 is 4.90 Å². The van der Waals surface area contributed by atoms with Gasteiger partial charge in [0.1, 0.15) is 5.84 Å². The summed E-state index contributed by atoms with van der Waals surface area (Å²) in [5.74, 6) is 0.854. The predicted molar refractivity (Wildman–Crippen MR) is 113 cm³/mol. The summed E-state index contributed by atoms with van der Waals surface area (Å²) in [4.78, 5) is 23.4. The van der Waals surface area contributed by atoms with E-state index >= 15 is 0 Å². The van der Waals surface area contributed by atoms with Gasteiger partial charge in [-0.1, -0.05) is 54.6 Å². The van der Waals surface area contributed by atoms with Crippen molar-refractivity contribution in [3.8, 4) is 0 Å². The van der Waals surface area contributed by atoms with Gasteiger partial charge >= 0.3 is 0 Å². The van der Waals surface area contributed by atoms with Gasteiger partial charge in [-0.15, -0.1) is 0 Å². The summed E-state index contributed by atoms with van der Waals surface area (Å²) in [5.41, 5.74) is 2.90. The van der Waals surface area contributed by atoms with Crippen LogP contribution in [0.15, 0.2) is 93.5 Å². The molecule has 0 fully saturated rings. The number of nitrogens with zero attached hydrogens (tertiary/aromatic N) is 3. The highest BCUT2D eigenvalue weighted by Gasteiger charge is 2.21. The van der Waals surface area contributed by atoms with Crippen LogP contribution in [0.2, 0.25) is 0 Å². The summed E-state index contributed by atoms with van der Waals surface area (Å²) in [6.07, 6.45) is 9.06. The number of fused-ring (bicyclic) bond motifs is 2. The second-order valence-corrected chi connectivity index (χ2v) is 7.04. The molecule has 0 atom stereocenters. The molecular formula is C22H16BrN3O. The van der Waals surface area contributed by atoms with E-state index in [0.717, 1.165) is 27.0 Å². The normalized spacial score (nSPS) is 17.2. The van der Waals surface area contributed by atoms with Crippen LogP contribution in [0.3, 0.4) is 0 Å². The Hall–Kier alpha value is -3.05. The van der Waals surface area contributed by atoms with E-state index in [-0.39, 0.29) is 5.91 Å². The third-order valence-electron chi connectivity index (χ3n) is 4.22. The molecule has 0 bridgehead atoms. The average molecular weight is 418 g/mol. The van der Waals surface area contributed by atoms with Gasteiger partial charge in [0.15, 0.2) is 5.84 Å². The molecule has 1 amide bonds. The van der Waals surface area contributed by atoms with Gasteiger partial charge in [-0.25, -0.2) is 4.99 Å². The Bertz CT molecular complexity index is 1030. The van der Waals surface area contributed by atoms with E-state index in [1.165, 1.54) is 6.08 Å². The molecule has 2 aliphatic heterocycles. The second kappa shape index (κ2) is 7.68. The smallest absolute Gasteiger partial charge is 0.271 e. The van der Waals surface area contributed by atoms with Crippen LogP contribution in [0, 0.1) is 0 Å². The van der Waals surface area contributed by atoms with Gasteiger partial charge in [0.05, 0.1) is 0 Å². The second-order valence-electron chi connectivity index (χ2n) is 6.12. The van der Waals surface area contributed by atoms with Crippen molar-refractivity contribution in [3.05, 3.63) is 100 Å². The minimum absolute atomic E-state index is 0.335. The van der Waals surface area contributed by atoms with E-state index < -0.39 is 0 Å². The molecule has 0 N–H and O–H groups in total. The number of carbonyl (C=O) groups is 1. The first-order valence-corrected chi connectivity index (χ1v) is 9.33. The Balaban J connectivity index is 1.70. The van der Waals surface area contributed by atoms with E-state index in [2.05, 4.69) is 25.9 Å². The summed E-state index contributed by atoms with van der Waals surface area (Å²) in [5, 5.41) is 0. The molecule has 0 saturated heterocycles. The van der Waals surface area contributed by atoms with Crippen molar-refractivity contribution in [3.63, 3.8) is 0 Å². The molecular weight excluding hydrogens is 402 g/mol. The van der Waals surface area contributed by atoms with Crippen LogP contribution in [0.4, 0.5) is 0 Å². The Morgan fingerprint density at radius 1 is 1.07 bits per heavy atom. The van der Waals surface area contributed by atoms with Crippen molar-refractivity contribution in [1.29, 1.82) is 0 Å². The van der Waals surface area contributed by atoms with Crippen LogP contribution in [-0.2, 0) is 11.3 Å². The highest BCUT2D eigenvalue weighted by molar-refractivity contribution is 9.11. The molecule has 0 spiro atoms. The zero-order chi connectivity index (χ0) is 18.6. The lowest BCUT2D eigenvalue weighted by Gasteiger charge is -2.21. The van der Waals surface area contributed by atoms with Gasteiger partial charge in [0.2, 0.25) is 0 Å². The molecule has 0 unspecified atom stereocenters. The average Bonchev–Trinajstić information content (AvgIpc) is 2.83. The Labute approximate surface area is 166 Å². The Morgan fingerprint density at radius 3 is 2.70 bits per heavy atom. The summed E-state index contributed by atoms with van der Waals surface area (Å²) in [7, 11) is 0. The maximum Gasteiger partial charge on any atom is 0.271 e. The molecule has 0 saturated carbocycles. The number of aliphatic imine (C=N–C) groups is 2. The molecule has 132 valence electrons. The zero-order valence-corrected chi connectivity index (χ0v) is 16.0. The van der Waals surface area contributed by atoms with Crippen LogP contribution in [-0.4, -0.2) is 22.5 Å². The number of benzene rings is 2. The van der Waals surface area contributed by atoms with E-state index in [4.69, 9.17) is 0 Å². The number of carbonyl (C=O) groups excluding carboxylic acids is 1. The molecule has 2 aliphatic rings. The molecule has 4 nitrogen and oxygen atoms in total. The lowest BCUT2D eigenvalue weighted by molar-refractivity contribution is -0.113. The van der Waals surface area contributed by atoms with Gasteiger partial charge in [-0.2, -0.15) is 4.99 Å². The first kappa shape index (κ1) is 17.4. The molecule has 5 heteroatoms. The SMILES string of the molecule is O=C(/C=C/c1ccccc1)N=C1N=C2C=CC(Br)=CN2Cc2ccccc21. The first-order chi connectivity index (χ1) is 13.2. The van der Waals surface area contributed by atoms with Crippen LogP contribution < -0.4 is 0 Å². The molecule has 4 rings (SSSR count). The quantitative estimate of drug-likeness (QED) is 0.665. The number of amides is 1. The van der Waals surface area contributed by atoms with Crippen molar-refractivity contribution >= 4 is 39.6 Å². The third-order valence-corrected chi connectivity index (χ3v) is 4.69. The molecule has 0 radical (unpaired) electrons. The molecule has 2 heterocycles. The topological polar surface area (TPSA) is 45.0 Å². The maximum absolute atomic E-state index is 12.4. The lowest BCUT2D eigenvalue weighted by Crippen LogP contribution is -2.24. The predicted octanol–water partition coefficient (Wildman–Crippen LogP) is 4.69. The molecule has 2 aromatic carbocycles. The third kappa shape index (κ3) is 4.04. The van der Waals surface area contributed by atoms with Crippen molar-refractivity contribution in [2.24, 2.45) is 9.98 Å². The first-order valence-electron chi connectivity index (χ1n) is 8.54. The number of rotatable bonds is 2. The minimum Gasteiger partial charge on any atom is -0.327 e.